The van der Waals surface area contributed by atoms with Crippen LogP contribution in [0.1, 0.15) is 118 Å². The fourth-order valence-electron chi connectivity index (χ4n) is 4.39. The second kappa shape index (κ2) is 18.6. The lowest BCUT2D eigenvalue weighted by Crippen LogP contribution is -2.34. The zero-order valence-corrected chi connectivity index (χ0v) is 21.8. The van der Waals surface area contributed by atoms with Crippen LogP contribution in [-0.2, 0) is 0 Å². The van der Waals surface area contributed by atoms with E-state index in [9.17, 15) is 0 Å². The Hall–Kier alpha value is -1.15. The summed E-state index contributed by atoms with van der Waals surface area (Å²) in [6.45, 7) is 14.9. The molecule has 172 valence electrons. The maximum absolute atomic E-state index is 5.00. The molecule has 1 saturated carbocycles. The zero-order valence-electron chi connectivity index (χ0n) is 21.0. The van der Waals surface area contributed by atoms with Crippen molar-refractivity contribution < 1.29 is 0 Å². The van der Waals surface area contributed by atoms with Crippen molar-refractivity contribution in [2.45, 2.75) is 118 Å². The number of rotatable bonds is 9. The smallest absolute Gasteiger partial charge is 0.0724 e. The minimum absolute atomic E-state index is 0.593. The number of nitrogens with one attached hydrogen (secondary N) is 1. The number of benzene rings is 1. The predicted octanol–water partition coefficient (Wildman–Crippen LogP) is 9.24. The van der Waals surface area contributed by atoms with Gasteiger partial charge in [0.2, 0.25) is 0 Å². The minimum Gasteiger partial charge on any atom is -0.377 e. The van der Waals surface area contributed by atoms with Gasteiger partial charge in [-0.3, -0.25) is 0 Å². The van der Waals surface area contributed by atoms with Crippen molar-refractivity contribution in [2.24, 2.45) is 5.92 Å². The van der Waals surface area contributed by atoms with Crippen LogP contribution in [0, 0.1) is 5.92 Å². The molecule has 2 atom stereocenters. The summed E-state index contributed by atoms with van der Waals surface area (Å²) in [5, 5.41) is 3.32. The van der Waals surface area contributed by atoms with Crippen molar-refractivity contribution >= 4 is 17.2 Å². The molecule has 2 rings (SSSR count). The molecule has 30 heavy (non-hydrogen) atoms. The van der Waals surface area contributed by atoms with Gasteiger partial charge in [0.1, 0.15) is 0 Å². The van der Waals surface area contributed by atoms with Gasteiger partial charge in [-0.25, -0.2) is 0 Å². The molecule has 1 aromatic rings. The molecular formula is C28H49NS. The van der Waals surface area contributed by atoms with Crippen molar-refractivity contribution in [1.29, 1.82) is 0 Å². The van der Waals surface area contributed by atoms with Gasteiger partial charge in [-0.05, 0) is 64.4 Å². The first kappa shape index (κ1) is 28.9. The van der Waals surface area contributed by atoms with E-state index in [2.05, 4.69) is 69.4 Å². The fraction of sp³-hybridized carbons (Fsp3) is 0.679. The maximum Gasteiger partial charge on any atom is 0.0724 e. The largest absolute Gasteiger partial charge is 0.377 e. The number of unbranched alkanes of at least 4 members (excludes halogenated alkanes) is 2. The van der Waals surface area contributed by atoms with E-state index in [-0.39, 0.29) is 0 Å². The topological polar surface area (TPSA) is 12.0 Å². The Balaban J connectivity index is 0.000000557. The Morgan fingerprint density at radius 1 is 1.10 bits per heavy atom. The van der Waals surface area contributed by atoms with E-state index >= 15 is 0 Å². The predicted molar refractivity (Wildman–Crippen MR) is 142 cm³/mol. The Kier molecular flexibility index (Phi) is 17.9. The molecule has 0 saturated heterocycles. The van der Waals surface area contributed by atoms with E-state index in [4.69, 9.17) is 12.2 Å². The lowest BCUT2D eigenvalue weighted by Gasteiger charge is -2.20. The molecule has 1 aliphatic carbocycles. The van der Waals surface area contributed by atoms with Gasteiger partial charge >= 0.3 is 0 Å². The second-order valence-electron chi connectivity index (χ2n) is 8.23. The van der Waals surface area contributed by atoms with Crippen LogP contribution < -0.4 is 5.32 Å². The highest BCUT2D eigenvalue weighted by Crippen LogP contribution is 2.31. The Morgan fingerprint density at radius 3 is 2.17 bits per heavy atom. The van der Waals surface area contributed by atoms with Crippen molar-refractivity contribution in [1.82, 2.24) is 5.32 Å². The first-order chi connectivity index (χ1) is 14.5. The highest BCUT2D eigenvalue weighted by molar-refractivity contribution is 7.80. The van der Waals surface area contributed by atoms with E-state index in [0.29, 0.717) is 12.0 Å². The van der Waals surface area contributed by atoms with E-state index in [0.717, 1.165) is 10.9 Å². The Bertz CT molecular complexity index is 557. The highest BCUT2D eigenvalue weighted by Gasteiger charge is 2.20. The fourth-order valence-corrected chi connectivity index (χ4v) is 4.58. The highest BCUT2D eigenvalue weighted by atomic mass is 32.1. The van der Waals surface area contributed by atoms with Gasteiger partial charge in [-0.2, -0.15) is 0 Å². The van der Waals surface area contributed by atoms with Crippen LogP contribution in [0.25, 0.3) is 0 Å². The van der Waals surface area contributed by atoms with Crippen LogP contribution in [0.15, 0.2) is 42.0 Å². The first-order valence-corrected chi connectivity index (χ1v) is 12.9. The van der Waals surface area contributed by atoms with Gasteiger partial charge in [0.05, 0.1) is 4.99 Å². The van der Waals surface area contributed by atoms with E-state index in [1.54, 1.807) is 5.57 Å². The third-order valence-electron chi connectivity index (χ3n) is 6.04. The van der Waals surface area contributed by atoms with E-state index in [1.165, 1.54) is 63.4 Å². The van der Waals surface area contributed by atoms with E-state index in [1.807, 2.05) is 20.8 Å². The number of thiocarbonyl (C=S) groups is 1. The SMILES string of the molecule is C/C=C(/CCCCC)C(CC)c1ccccc1.CC.CC(=S)NC(C)C1CCCC1. The lowest BCUT2D eigenvalue weighted by molar-refractivity contribution is 0.427. The molecule has 2 unspecified atom stereocenters. The third-order valence-corrected chi connectivity index (χ3v) is 6.15. The summed E-state index contributed by atoms with van der Waals surface area (Å²) in [7, 11) is 0. The lowest BCUT2D eigenvalue weighted by atomic mass is 9.86. The van der Waals surface area contributed by atoms with Crippen molar-refractivity contribution in [3.05, 3.63) is 47.5 Å². The normalized spacial score (nSPS) is 15.9. The number of allylic oxidation sites excluding steroid dienone is 2. The standard InChI is InChI=1S/C17H26.C9H17NS.C2H6/c1-4-7-9-12-15(5-2)17(6-3)16-13-10-8-11-14-16;1-7(10-8(2)11)9-5-3-4-6-9;1-2/h5,8,10-11,13-14,17H,4,6-7,9,12H2,1-3H3;7,9H,3-6H2,1-2H3,(H,10,11);1-2H3/b15-5-;;. The molecule has 0 aliphatic heterocycles. The first-order valence-electron chi connectivity index (χ1n) is 12.5. The van der Waals surface area contributed by atoms with Crippen LogP contribution in [0.4, 0.5) is 0 Å². The van der Waals surface area contributed by atoms with Crippen LogP contribution in [-0.4, -0.2) is 11.0 Å². The summed E-state index contributed by atoms with van der Waals surface area (Å²) in [6, 6.07) is 11.5. The van der Waals surface area contributed by atoms with Crippen LogP contribution in [0.3, 0.4) is 0 Å². The van der Waals surface area contributed by atoms with Gasteiger partial charge in [0, 0.05) is 12.0 Å². The molecular weight excluding hydrogens is 382 g/mol. The second-order valence-corrected chi connectivity index (χ2v) is 8.84. The summed E-state index contributed by atoms with van der Waals surface area (Å²) < 4.78 is 0. The zero-order chi connectivity index (χ0) is 22.8. The molecule has 2 heteroatoms. The van der Waals surface area contributed by atoms with Crippen molar-refractivity contribution in [2.75, 3.05) is 0 Å². The van der Waals surface area contributed by atoms with Gasteiger partial charge in [0.15, 0.2) is 0 Å². The average Bonchev–Trinajstić information content (AvgIpc) is 3.31. The monoisotopic (exact) mass is 431 g/mol. The quantitative estimate of drug-likeness (QED) is 0.237. The molecule has 0 amide bonds. The summed E-state index contributed by atoms with van der Waals surface area (Å²) in [5.41, 5.74) is 3.09. The van der Waals surface area contributed by atoms with Gasteiger partial charge in [0.25, 0.3) is 0 Å². The molecule has 0 heterocycles. The summed E-state index contributed by atoms with van der Waals surface area (Å²) >= 11 is 5.00. The van der Waals surface area contributed by atoms with E-state index < -0.39 is 0 Å². The van der Waals surface area contributed by atoms with Crippen LogP contribution in [0.5, 0.6) is 0 Å². The molecule has 1 nitrogen and oxygen atoms in total. The number of hydrogen-bond donors (Lipinski definition) is 1. The Labute approximate surface area is 194 Å². The summed E-state index contributed by atoms with van der Waals surface area (Å²) in [4.78, 5) is 0.935. The third kappa shape index (κ3) is 11.9. The minimum atomic E-state index is 0.593. The molecule has 1 fully saturated rings. The molecule has 1 N–H and O–H groups in total. The van der Waals surface area contributed by atoms with Gasteiger partial charge in [-0.15, -0.1) is 0 Å². The molecule has 1 aliphatic rings. The Morgan fingerprint density at radius 2 is 1.70 bits per heavy atom. The molecule has 0 aromatic heterocycles. The summed E-state index contributed by atoms with van der Waals surface area (Å²) in [6.07, 6.45) is 14.4. The summed E-state index contributed by atoms with van der Waals surface area (Å²) in [5.74, 6) is 1.49. The molecule has 0 spiro atoms. The molecule has 0 bridgehead atoms. The van der Waals surface area contributed by atoms with Crippen molar-refractivity contribution in [3.63, 3.8) is 0 Å². The molecule has 1 aromatic carbocycles. The maximum atomic E-state index is 5.00. The van der Waals surface area contributed by atoms with Gasteiger partial charge < -0.3 is 5.32 Å². The molecule has 0 radical (unpaired) electrons. The van der Waals surface area contributed by atoms with Crippen molar-refractivity contribution in [3.8, 4) is 0 Å². The van der Waals surface area contributed by atoms with Gasteiger partial charge in [-0.1, -0.05) is 108 Å². The average molecular weight is 432 g/mol. The van der Waals surface area contributed by atoms with Crippen LogP contribution in [0.2, 0.25) is 0 Å². The van der Waals surface area contributed by atoms with Crippen LogP contribution >= 0.6 is 12.2 Å². The number of hydrogen-bond acceptors (Lipinski definition) is 1.